The molecule has 2 aromatic rings. The van der Waals surface area contributed by atoms with Gasteiger partial charge in [0.1, 0.15) is 5.69 Å². The van der Waals surface area contributed by atoms with Crippen molar-refractivity contribution in [2.45, 2.75) is 25.6 Å². The Morgan fingerprint density at radius 3 is 2.64 bits per heavy atom. The quantitative estimate of drug-likeness (QED) is 0.780. The zero-order valence-electron chi connectivity index (χ0n) is 16.2. The van der Waals surface area contributed by atoms with Crippen molar-refractivity contribution in [2.75, 3.05) is 45.3 Å². The third-order valence-corrected chi connectivity index (χ3v) is 5.41. The Bertz CT molecular complexity index is 891. The fourth-order valence-corrected chi connectivity index (χ4v) is 3.91. The van der Waals surface area contributed by atoms with Crippen LogP contribution in [0.15, 0.2) is 18.2 Å². The number of piperidine rings is 1. The average molecular weight is 387 g/mol. The summed E-state index contributed by atoms with van der Waals surface area (Å²) in [6.45, 7) is 4.93. The van der Waals surface area contributed by atoms with E-state index in [-0.39, 0.29) is 18.1 Å². The lowest BCUT2D eigenvalue weighted by Gasteiger charge is -2.37. The number of ether oxygens (including phenoxy) is 3. The third-order valence-electron chi connectivity index (χ3n) is 5.41. The van der Waals surface area contributed by atoms with E-state index in [0.29, 0.717) is 18.9 Å². The van der Waals surface area contributed by atoms with Gasteiger partial charge in [-0.3, -0.25) is 9.69 Å². The predicted molar refractivity (Wildman–Crippen MR) is 103 cm³/mol. The minimum atomic E-state index is -0.514. The highest BCUT2D eigenvalue weighted by molar-refractivity contribution is 6.11. The molecular formula is C20H25N3O5. The summed E-state index contributed by atoms with van der Waals surface area (Å²) in [4.78, 5) is 30.0. The molecule has 0 bridgehead atoms. The van der Waals surface area contributed by atoms with Crippen LogP contribution in [-0.4, -0.2) is 67.5 Å². The van der Waals surface area contributed by atoms with E-state index in [0.717, 1.165) is 42.4 Å². The molecule has 0 radical (unpaired) electrons. The maximum absolute atomic E-state index is 12.7. The number of methoxy groups -OCH3 is 1. The van der Waals surface area contributed by atoms with Gasteiger partial charge < -0.3 is 24.5 Å². The minimum absolute atomic E-state index is 0.170. The topological polar surface area (TPSA) is 92.9 Å². The van der Waals surface area contributed by atoms with E-state index in [1.807, 2.05) is 25.1 Å². The van der Waals surface area contributed by atoms with Crippen LogP contribution in [0.5, 0.6) is 0 Å². The maximum atomic E-state index is 12.7. The Kier molecular flexibility index (Phi) is 5.09. The Hall–Kier alpha value is -2.42. The Morgan fingerprint density at radius 2 is 1.96 bits per heavy atom. The van der Waals surface area contributed by atoms with Crippen molar-refractivity contribution in [2.24, 2.45) is 0 Å². The van der Waals surface area contributed by atoms with Crippen LogP contribution < -0.4 is 5.32 Å². The molecule has 1 aromatic carbocycles. The zero-order chi connectivity index (χ0) is 19.7. The Labute approximate surface area is 163 Å². The lowest BCUT2D eigenvalue weighted by Crippen LogP contribution is -2.47. The van der Waals surface area contributed by atoms with Gasteiger partial charge in [-0.2, -0.15) is 0 Å². The summed E-state index contributed by atoms with van der Waals surface area (Å²) in [5.41, 5.74) is 2.53. The minimum Gasteiger partial charge on any atom is -0.464 e. The number of nitrogens with one attached hydrogen (secondary N) is 2. The number of aryl methyl sites for hydroxylation is 1. The summed E-state index contributed by atoms with van der Waals surface area (Å²) >= 11 is 0. The predicted octanol–water partition coefficient (Wildman–Crippen LogP) is 2.04. The van der Waals surface area contributed by atoms with Crippen LogP contribution in [0.4, 0.5) is 5.69 Å². The van der Waals surface area contributed by atoms with Crippen molar-refractivity contribution in [1.82, 2.24) is 9.88 Å². The van der Waals surface area contributed by atoms with Gasteiger partial charge in [-0.25, -0.2) is 4.79 Å². The molecule has 2 fully saturated rings. The number of likely N-dealkylation sites (tertiary alicyclic amines) is 1. The summed E-state index contributed by atoms with van der Waals surface area (Å²) in [6, 6.07) is 5.77. The average Bonchev–Trinajstić information content (AvgIpc) is 3.28. The van der Waals surface area contributed by atoms with E-state index in [2.05, 4.69) is 15.2 Å². The molecule has 1 spiro atoms. The molecule has 0 unspecified atom stereocenters. The molecule has 8 heteroatoms. The van der Waals surface area contributed by atoms with Gasteiger partial charge >= 0.3 is 5.97 Å². The summed E-state index contributed by atoms with van der Waals surface area (Å²) in [7, 11) is 1.32. The number of carbonyl (C=O) groups excluding carboxylic acids is 2. The van der Waals surface area contributed by atoms with E-state index < -0.39 is 11.8 Å². The molecule has 2 saturated heterocycles. The number of aromatic amines is 1. The van der Waals surface area contributed by atoms with Crippen LogP contribution in [-0.2, 0) is 19.0 Å². The van der Waals surface area contributed by atoms with Gasteiger partial charge in [0, 0.05) is 36.8 Å². The van der Waals surface area contributed by atoms with Crippen molar-refractivity contribution in [1.29, 1.82) is 0 Å². The van der Waals surface area contributed by atoms with E-state index in [9.17, 15) is 9.59 Å². The van der Waals surface area contributed by atoms with E-state index >= 15 is 0 Å². The smallest absolute Gasteiger partial charge is 0.356 e. The largest absolute Gasteiger partial charge is 0.464 e. The van der Waals surface area contributed by atoms with Crippen molar-refractivity contribution in [3.63, 3.8) is 0 Å². The van der Waals surface area contributed by atoms with Crippen molar-refractivity contribution < 1.29 is 23.8 Å². The van der Waals surface area contributed by atoms with Gasteiger partial charge in [-0.1, -0.05) is 11.6 Å². The second-order valence-corrected chi connectivity index (χ2v) is 7.35. The van der Waals surface area contributed by atoms with Crippen molar-refractivity contribution in [3.8, 4) is 0 Å². The van der Waals surface area contributed by atoms with Gasteiger partial charge in [0.15, 0.2) is 5.79 Å². The number of carbonyl (C=O) groups is 2. The zero-order valence-corrected chi connectivity index (χ0v) is 16.2. The highest BCUT2D eigenvalue weighted by atomic mass is 16.7. The van der Waals surface area contributed by atoms with Gasteiger partial charge in [0.25, 0.3) is 0 Å². The fraction of sp³-hybridized carbons (Fsp3) is 0.500. The number of aromatic nitrogens is 1. The molecule has 0 aliphatic carbocycles. The number of esters is 1. The van der Waals surface area contributed by atoms with Gasteiger partial charge in [0.05, 0.1) is 32.6 Å². The molecule has 150 valence electrons. The summed E-state index contributed by atoms with van der Waals surface area (Å²) in [6.07, 6.45) is 1.50. The molecule has 2 aliphatic rings. The Morgan fingerprint density at radius 1 is 1.25 bits per heavy atom. The number of rotatable bonds is 4. The lowest BCUT2D eigenvalue weighted by atomic mass is 10.0. The molecule has 0 saturated carbocycles. The first-order valence-corrected chi connectivity index (χ1v) is 9.50. The highest BCUT2D eigenvalue weighted by Crippen LogP contribution is 2.32. The number of anilines is 1. The van der Waals surface area contributed by atoms with Gasteiger partial charge in [-0.05, 0) is 19.1 Å². The molecule has 4 rings (SSSR count). The maximum Gasteiger partial charge on any atom is 0.356 e. The molecule has 1 aromatic heterocycles. The number of fused-ring (bicyclic) bond motifs is 1. The second-order valence-electron chi connectivity index (χ2n) is 7.35. The SMILES string of the molecule is COC(=O)c1[nH]c2ccc(C)cc2c1NC(=O)CN1CCC2(CC1)OCCO2. The van der Waals surface area contributed by atoms with E-state index in [1.54, 1.807) is 0 Å². The normalized spacial score (nSPS) is 19.2. The highest BCUT2D eigenvalue weighted by Gasteiger charge is 2.40. The summed E-state index contributed by atoms with van der Waals surface area (Å²) in [5, 5.41) is 3.70. The van der Waals surface area contributed by atoms with Crippen LogP contribution in [0.1, 0.15) is 28.9 Å². The number of hydrogen-bond acceptors (Lipinski definition) is 6. The molecule has 2 N–H and O–H groups in total. The van der Waals surface area contributed by atoms with Crippen LogP contribution in [0.3, 0.4) is 0 Å². The van der Waals surface area contributed by atoms with E-state index in [1.165, 1.54) is 7.11 Å². The van der Waals surface area contributed by atoms with Crippen LogP contribution >= 0.6 is 0 Å². The lowest BCUT2D eigenvalue weighted by molar-refractivity contribution is -0.185. The number of nitrogens with zero attached hydrogens (tertiary/aromatic N) is 1. The van der Waals surface area contributed by atoms with Crippen molar-refractivity contribution in [3.05, 3.63) is 29.5 Å². The molecule has 2 aliphatic heterocycles. The molecule has 28 heavy (non-hydrogen) atoms. The van der Waals surface area contributed by atoms with Crippen LogP contribution in [0.25, 0.3) is 10.9 Å². The standard InChI is InChI=1S/C20H25N3O5/c1-13-3-4-15-14(11-13)17(18(21-15)19(25)26-2)22-16(24)12-23-7-5-20(6-8-23)27-9-10-28-20/h3-4,11,21H,5-10,12H2,1-2H3,(H,22,24). The monoisotopic (exact) mass is 387 g/mol. The molecule has 0 atom stereocenters. The first-order valence-electron chi connectivity index (χ1n) is 9.50. The third kappa shape index (κ3) is 3.63. The number of H-pyrrole nitrogens is 1. The molecule has 1 amide bonds. The first-order chi connectivity index (χ1) is 13.5. The second kappa shape index (κ2) is 7.54. The summed E-state index contributed by atoms with van der Waals surface area (Å²) in [5.74, 6) is -1.14. The Balaban J connectivity index is 1.47. The number of benzene rings is 1. The number of hydrogen-bond donors (Lipinski definition) is 2. The fourth-order valence-electron chi connectivity index (χ4n) is 3.91. The van der Waals surface area contributed by atoms with Gasteiger partial charge in [-0.15, -0.1) is 0 Å². The van der Waals surface area contributed by atoms with E-state index in [4.69, 9.17) is 14.2 Å². The van der Waals surface area contributed by atoms with Gasteiger partial charge in [0.2, 0.25) is 5.91 Å². The van der Waals surface area contributed by atoms with Crippen LogP contribution in [0, 0.1) is 6.92 Å². The molecule has 3 heterocycles. The van der Waals surface area contributed by atoms with Crippen LogP contribution in [0.2, 0.25) is 0 Å². The summed E-state index contributed by atoms with van der Waals surface area (Å²) < 4.78 is 16.3. The first kappa shape index (κ1) is 18.9. The molecular weight excluding hydrogens is 362 g/mol. The molecule has 8 nitrogen and oxygen atoms in total. The number of amides is 1. The van der Waals surface area contributed by atoms with Crippen molar-refractivity contribution >= 4 is 28.5 Å².